The molecule has 2 aromatic carbocycles. The lowest BCUT2D eigenvalue weighted by Crippen LogP contribution is -2.28. The second kappa shape index (κ2) is 8.29. The molecule has 30 heavy (non-hydrogen) atoms. The number of amides is 1. The van der Waals surface area contributed by atoms with E-state index >= 15 is 0 Å². The van der Waals surface area contributed by atoms with Gasteiger partial charge in [0.1, 0.15) is 17.1 Å². The Labute approximate surface area is 175 Å². The van der Waals surface area contributed by atoms with Crippen molar-refractivity contribution in [1.29, 1.82) is 0 Å². The number of nitrogens with zero attached hydrogens (tertiary/aromatic N) is 2. The third-order valence-electron chi connectivity index (χ3n) is 5.00. The number of methoxy groups -OCH3 is 2. The van der Waals surface area contributed by atoms with Gasteiger partial charge in [-0.05, 0) is 54.1 Å². The Bertz CT molecular complexity index is 1160. The van der Waals surface area contributed by atoms with Crippen molar-refractivity contribution in [2.75, 3.05) is 14.2 Å². The maximum Gasteiger partial charge on any atom is 0.217 e. The van der Waals surface area contributed by atoms with Gasteiger partial charge in [0.2, 0.25) is 5.91 Å². The van der Waals surface area contributed by atoms with Crippen LogP contribution >= 0.6 is 0 Å². The zero-order valence-electron chi connectivity index (χ0n) is 17.1. The predicted octanol–water partition coefficient (Wildman–Crippen LogP) is 4.24. The topological polar surface area (TPSA) is 64.9 Å². The second-order valence-electron chi connectivity index (χ2n) is 6.91. The molecule has 0 fully saturated rings. The van der Waals surface area contributed by atoms with Gasteiger partial charge in [0.25, 0.3) is 0 Å². The molecule has 1 N–H and O–H groups in total. The monoisotopic (exact) mass is 401 g/mol. The Hall–Kier alpha value is -3.80. The summed E-state index contributed by atoms with van der Waals surface area (Å²) >= 11 is 0. The molecule has 1 atom stereocenters. The molecule has 6 nitrogen and oxygen atoms in total. The van der Waals surface area contributed by atoms with Crippen molar-refractivity contribution in [3.63, 3.8) is 0 Å². The quantitative estimate of drug-likeness (QED) is 0.525. The summed E-state index contributed by atoms with van der Waals surface area (Å²) in [5.41, 5.74) is 4.38. The largest absolute Gasteiger partial charge is 0.497 e. The van der Waals surface area contributed by atoms with Crippen molar-refractivity contribution >= 4 is 11.6 Å². The Morgan fingerprint density at radius 2 is 1.57 bits per heavy atom. The summed E-state index contributed by atoms with van der Waals surface area (Å²) in [5.74, 6) is 1.41. The summed E-state index contributed by atoms with van der Waals surface area (Å²) in [6.45, 7) is 1.52. The molecule has 0 radical (unpaired) electrons. The highest BCUT2D eigenvalue weighted by Crippen LogP contribution is 2.34. The summed E-state index contributed by atoms with van der Waals surface area (Å²) < 4.78 is 12.6. The predicted molar refractivity (Wildman–Crippen MR) is 116 cm³/mol. The number of hydrogen-bond donors (Lipinski definition) is 1. The Balaban J connectivity index is 1.93. The molecule has 4 rings (SSSR count). The first kappa shape index (κ1) is 19.5. The van der Waals surface area contributed by atoms with E-state index in [2.05, 4.69) is 5.32 Å². The van der Waals surface area contributed by atoms with Crippen LogP contribution < -0.4 is 14.8 Å². The van der Waals surface area contributed by atoms with E-state index in [1.54, 1.807) is 14.2 Å². The van der Waals surface area contributed by atoms with Crippen LogP contribution in [0, 0.1) is 0 Å². The van der Waals surface area contributed by atoms with E-state index in [4.69, 9.17) is 14.5 Å². The molecule has 0 bridgehead atoms. The highest BCUT2D eigenvalue weighted by atomic mass is 16.5. The minimum atomic E-state index is -0.386. The number of rotatable bonds is 6. The molecule has 6 heteroatoms. The maximum atomic E-state index is 12.1. The highest BCUT2D eigenvalue weighted by Gasteiger charge is 2.25. The minimum absolute atomic E-state index is 0.123. The third-order valence-corrected chi connectivity index (χ3v) is 5.00. The fourth-order valence-electron chi connectivity index (χ4n) is 3.56. The van der Waals surface area contributed by atoms with Crippen molar-refractivity contribution in [1.82, 2.24) is 14.7 Å². The number of carbonyl (C=O) groups excluding carboxylic acids is 1. The van der Waals surface area contributed by atoms with E-state index in [0.717, 1.165) is 39.7 Å². The van der Waals surface area contributed by atoms with E-state index < -0.39 is 0 Å². The van der Waals surface area contributed by atoms with Gasteiger partial charge in [-0.2, -0.15) is 0 Å². The second-order valence-corrected chi connectivity index (χ2v) is 6.91. The molecule has 0 aliphatic carbocycles. The average molecular weight is 401 g/mol. The summed E-state index contributed by atoms with van der Waals surface area (Å²) in [4.78, 5) is 17.0. The van der Waals surface area contributed by atoms with Crippen LogP contribution in [-0.4, -0.2) is 29.5 Å². The average Bonchev–Trinajstić information content (AvgIpc) is 3.17. The van der Waals surface area contributed by atoms with Gasteiger partial charge in [0, 0.05) is 18.7 Å². The minimum Gasteiger partial charge on any atom is -0.497 e. The zero-order valence-corrected chi connectivity index (χ0v) is 17.1. The van der Waals surface area contributed by atoms with Gasteiger partial charge < -0.3 is 19.2 Å². The fraction of sp³-hybridized carbons (Fsp3) is 0.167. The first-order chi connectivity index (χ1) is 14.6. The molecular weight excluding hydrogens is 378 g/mol. The number of nitrogens with one attached hydrogen (secondary N) is 1. The molecule has 2 aromatic heterocycles. The van der Waals surface area contributed by atoms with Crippen LogP contribution in [-0.2, 0) is 4.79 Å². The number of hydrogen-bond acceptors (Lipinski definition) is 4. The van der Waals surface area contributed by atoms with Gasteiger partial charge in [0.15, 0.2) is 0 Å². The summed E-state index contributed by atoms with van der Waals surface area (Å²) in [7, 11) is 3.27. The Kier molecular flexibility index (Phi) is 5.39. The molecule has 0 saturated carbocycles. The smallest absolute Gasteiger partial charge is 0.217 e. The van der Waals surface area contributed by atoms with Gasteiger partial charge in [-0.25, -0.2) is 4.98 Å². The number of pyridine rings is 1. The van der Waals surface area contributed by atoms with Crippen molar-refractivity contribution in [3.8, 4) is 22.8 Å². The van der Waals surface area contributed by atoms with E-state index in [1.807, 2.05) is 77.3 Å². The van der Waals surface area contributed by atoms with E-state index in [1.165, 1.54) is 6.92 Å². The van der Waals surface area contributed by atoms with E-state index in [9.17, 15) is 4.79 Å². The molecule has 152 valence electrons. The lowest BCUT2D eigenvalue weighted by Gasteiger charge is -2.20. The lowest BCUT2D eigenvalue weighted by atomic mass is 9.98. The maximum absolute atomic E-state index is 12.1. The van der Waals surface area contributed by atoms with Crippen molar-refractivity contribution in [2.24, 2.45) is 0 Å². The highest BCUT2D eigenvalue weighted by molar-refractivity contribution is 5.76. The fourth-order valence-corrected chi connectivity index (χ4v) is 3.56. The standard InChI is InChI=1S/C24H23N3O3/c1-16(28)25-22(17-7-11-19(29-2)12-8-17)24-23(18-9-13-20(30-3)14-10-18)26-21-6-4-5-15-27(21)24/h4-15,22H,1-3H3,(H,25,28). The summed E-state index contributed by atoms with van der Waals surface area (Å²) in [6.07, 6.45) is 1.96. The van der Waals surface area contributed by atoms with E-state index in [-0.39, 0.29) is 11.9 Å². The molecular formula is C24H23N3O3. The van der Waals surface area contributed by atoms with Crippen LogP contribution in [0.5, 0.6) is 11.5 Å². The number of carbonyl (C=O) groups is 1. The van der Waals surface area contributed by atoms with Crippen molar-refractivity contribution < 1.29 is 14.3 Å². The molecule has 0 saturated heterocycles. The van der Waals surface area contributed by atoms with E-state index in [0.29, 0.717) is 0 Å². The number of benzene rings is 2. The number of imidazole rings is 1. The summed E-state index contributed by atoms with van der Waals surface area (Å²) in [6, 6.07) is 20.9. The zero-order chi connectivity index (χ0) is 21.1. The SMILES string of the molecule is COc1ccc(-c2nc3ccccn3c2C(NC(C)=O)c2ccc(OC)cc2)cc1. The molecule has 1 amide bonds. The van der Waals surface area contributed by atoms with Crippen molar-refractivity contribution in [2.45, 2.75) is 13.0 Å². The van der Waals surface area contributed by atoms with Gasteiger partial charge in [0.05, 0.1) is 31.6 Å². The van der Waals surface area contributed by atoms with Crippen LogP contribution in [0.4, 0.5) is 0 Å². The van der Waals surface area contributed by atoms with Gasteiger partial charge >= 0.3 is 0 Å². The Morgan fingerprint density at radius 1 is 0.933 bits per heavy atom. The summed E-state index contributed by atoms with van der Waals surface area (Å²) in [5, 5.41) is 3.10. The normalized spacial score (nSPS) is 11.8. The Morgan fingerprint density at radius 3 is 2.17 bits per heavy atom. The van der Waals surface area contributed by atoms with Crippen molar-refractivity contribution in [3.05, 3.63) is 84.2 Å². The lowest BCUT2D eigenvalue weighted by molar-refractivity contribution is -0.119. The van der Waals surface area contributed by atoms with Crippen LogP contribution in [0.1, 0.15) is 24.2 Å². The van der Waals surface area contributed by atoms with Crippen LogP contribution in [0.3, 0.4) is 0 Å². The number of fused-ring (bicyclic) bond motifs is 1. The molecule has 0 aliphatic rings. The molecule has 4 aromatic rings. The molecule has 1 unspecified atom stereocenters. The molecule has 2 heterocycles. The van der Waals surface area contributed by atoms with Crippen LogP contribution in [0.15, 0.2) is 72.9 Å². The van der Waals surface area contributed by atoms with Gasteiger partial charge in [-0.3, -0.25) is 4.79 Å². The third kappa shape index (κ3) is 3.72. The van der Waals surface area contributed by atoms with Gasteiger partial charge in [-0.15, -0.1) is 0 Å². The molecule has 0 aliphatic heterocycles. The first-order valence-corrected chi connectivity index (χ1v) is 9.63. The van der Waals surface area contributed by atoms with Crippen LogP contribution in [0.25, 0.3) is 16.9 Å². The number of ether oxygens (including phenoxy) is 2. The first-order valence-electron chi connectivity index (χ1n) is 9.63. The van der Waals surface area contributed by atoms with Gasteiger partial charge in [-0.1, -0.05) is 18.2 Å². The molecule has 0 spiro atoms. The van der Waals surface area contributed by atoms with Crippen LogP contribution in [0.2, 0.25) is 0 Å². The number of aromatic nitrogens is 2.